The number of phenolic OH excluding ortho intramolecular Hbond substituents is 1. The number of hydrogen-bond acceptors (Lipinski definition) is 1. The molecule has 17 heavy (non-hydrogen) atoms. The van der Waals surface area contributed by atoms with E-state index in [1.807, 2.05) is 6.07 Å². The summed E-state index contributed by atoms with van der Waals surface area (Å²) in [6.45, 7) is 6.66. The molecule has 0 radical (unpaired) electrons. The van der Waals surface area contributed by atoms with Gasteiger partial charge in [0.2, 0.25) is 0 Å². The molecule has 0 aliphatic carbocycles. The summed E-state index contributed by atoms with van der Waals surface area (Å²) in [5, 5.41) is 9.87. The van der Waals surface area contributed by atoms with Crippen molar-refractivity contribution in [3.63, 3.8) is 0 Å². The summed E-state index contributed by atoms with van der Waals surface area (Å²) >= 11 is 0. The van der Waals surface area contributed by atoms with Gasteiger partial charge in [-0.3, -0.25) is 0 Å². The van der Waals surface area contributed by atoms with E-state index < -0.39 is 0 Å². The minimum atomic E-state index is 0.480. The van der Waals surface area contributed by atoms with Crippen molar-refractivity contribution in [1.82, 2.24) is 0 Å². The predicted octanol–water partition coefficient (Wildman–Crippen LogP) is 4.71. The Kier molecular flexibility index (Phi) is 6.10. The number of benzene rings is 1. The second-order valence-corrected chi connectivity index (χ2v) is 5.31. The van der Waals surface area contributed by atoms with Gasteiger partial charge in [0.25, 0.3) is 0 Å². The molecular weight excluding hydrogens is 208 g/mol. The summed E-state index contributed by atoms with van der Waals surface area (Å²) in [6, 6.07) is 6.11. The van der Waals surface area contributed by atoms with Gasteiger partial charge in [-0.1, -0.05) is 52.2 Å². The third-order valence-corrected chi connectivity index (χ3v) is 3.29. The van der Waals surface area contributed by atoms with E-state index in [-0.39, 0.29) is 0 Å². The number of aryl methyl sites for hydroxylation is 2. The molecule has 1 N–H and O–H groups in total. The standard InChI is InChI=1S/C16H26O/c1-4-14-10-11-15(16(17)12-14)9-7-5-6-8-13(2)3/h10-13,17H,4-9H2,1-3H3. The normalized spacial score (nSPS) is 11.1. The highest BCUT2D eigenvalue weighted by atomic mass is 16.3. The highest BCUT2D eigenvalue weighted by Crippen LogP contribution is 2.21. The van der Waals surface area contributed by atoms with Crippen LogP contribution in [0.1, 0.15) is 57.6 Å². The number of unbranched alkanes of at least 4 members (excludes halogenated alkanes) is 2. The second-order valence-electron chi connectivity index (χ2n) is 5.31. The fourth-order valence-corrected chi connectivity index (χ4v) is 2.09. The van der Waals surface area contributed by atoms with E-state index in [9.17, 15) is 5.11 Å². The summed E-state index contributed by atoms with van der Waals surface area (Å²) < 4.78 is 0. The highest BCUT2D eigenvalue weighted by Gasteiger charge is 2.02. The minimum absolute atomic E-state index is 0.480. The molecule has 0 amide bonds. The molecule has 1 heteroatoms. The van der Waals surface area contributed by atoms with E-state index in [0.717, 1.165) is 24.3 Å². The van der Waals surface area contributed by atoms with Crippen molar-refractivity contribution in [2.45, 2.75) is 59.3 Å². The van der Waals surface area contributed by atoms with E-state index in [1.54, 1.807) is 0 Å². The minimum Gasteiger partial charge on any atom is -0.508 e. The van der Waals surface area contributed by atoms with Gasteiger partial charge in [0.15, 0.2) is 0 Å². The summed E-state index contributed by atoms with van der Waals surface area (Å²) in [5.41, 5.74) is 2.32. The van der Waals surface area contributed by atoms with Gasteiger partial charge in [0.05, 0.1) is 0 Å². The molecule has 1 aromatic rings. The van der Waals surface area contributed by atoms with Gasteiger partial charge in [-0.2, -0.15) is 0 Å². The maximum Gasteiger partial charge on any atom is 0.119 e. The molecule has 0 saturated heterocycles. The van der Waals surface area contributed by atoms with Gasteiger partial charge in [-0.25, -0.2) is 0 Å². The zero-order valence-electron chi connectivity index (χ0n) is 11.5. The lowest BCUT2D eigenvalue weighted by Gasteiger charge is -2.07. The number of rotatable bonds is 7. The molecule has 1 nitrogen and oxygen atoms in total. The average Bonchev–Trinajstić information content (AvgIpc) is 2.30. The van der Waals surface area contributed by atoms with Crippen molar-refractivity contribution in [3.8, 4) is 5.75 Å². The van der Waals surface area contributed by atoms with Crippen LogP contribution in [0.2, 0.25) is 0 Å². The van der Waals surface area contributed by atoms with Gasteiger partial charge < -0.3 is 5.11 Å². The van der Waals surface area contributed by atoms with Gasteiger partial charge in [-0.05, 0) is 42.4 Å². The van der Waals surface area contributed by atoms with Crippen molar-refractivity contribution in [2.75, 3.05) is 0 Å². The maximum atomic E-state index is 9.87. The molecule has 1 aromatic carbocycles. The highest BCUT2D eigenvalue weighted by molar-refractivity contribution is 5.36. The first-order valence-corrected chi connectivity index (χ1v) is 6.94. The Bertz CT molecular complexity index is 328. The lowest BCUT2D eigenvalue weighted by atomic mass is 10.0. The third kappa shape index (κ3) is 5.25. The monoisotopic (exact) mass is 234 g/mol. The molecule has 0 aliphatic rings. The van der Waals surface area contributed by atoms with Crippen LogP contribution >= 0.6 is 0 Å². The van der Waals surface area contributed by atoms with Crippen LogP contribution in [-0.2, 0) is 12.8 Å². The molecule has 0 heterocycles. The van der Waals surface area contributed by atoms with E-state index in [2.05, 4.69) is 32.9 Å². The zero-order chi connectivity index (χ0) is 12.7. The Balaban J connectivity index is 2.32. The summed E-state index contributed by atoms with van der Waals surface area (Å²) in [5.74, 6) is 1.29. The topological polar surface area (TPSA) is 20.2 Å². The molecule has 0 saturated carbocycles. The Morgan fingerprint density at radius 2 is 1.88 bits per heavy atom. The van der Waals surface area contributed by atoms with Gasteiger partial charge >= 0.3 is 0 Å². The zero-order valence-corrected chi connectivity index (χ0v) is 11.5. The largest absolute Gasteiger partial charge is 0.508 e. The smallest absolute Gasteiger partial charge is 0.119 e. The first-order chi connectivity index (χ1) is 8.13. The van der Waals surface area contributed by atoms with Crippen LogP contribution < -0.4 is 0 Å². The molecule has 0 spiro atoms. The van der Waals surface area contributed by atoms with Crippen molar-refractivity contribution in [2.24, 2.45) is 5.92 Å². The molecule has 0 fully saturated rings. The van der Waals surface area contributed by atoms with Crippen LogP contribution in [0, 0.1) is 5.92 Å². The summed E-state index contributed by atoms with van der Waals surface area (Å²) in [4.78, 5) is 0. The Morgan fingerprint density at radius 1 is 1.12 bits per heavy atom. The van der Waals surface area contributed by atoms with Crippen LogP contribution in [-0.4, -0.2) is 5.11 Å². The van der Waals surface area contributed by atoms with Crippen LogP contribution in [0.4, 0.5) is 0 Å². The number of phenols is 1. The number of aromatic hydroxyl groups is 1. The van der Waals surface area contributed by atoms with Crippen LogP contribution in [0.15, 0.2) is 18.2 Å². The molecule has 96 valence electrons. The second kappa shape index (κ2) is 7.37. The fourth-order valence-electron chi connectivity index (χ4n) is 2.09. The Hall–Kier alpha value is -0.980. The summed E-state index contributed by atoms with van der Waals surface area (Å²) in [6.07, 6.45) is 7.08. The van der Waals surface area contributed by atoms with E-state index >= 15 is 0 Å². The van der Waals surface area contributed by atoms with Crippen LogP contribution in [0.3, 0.4) is 0 Å². The first-order valence-electron chi connectivity index (χ1n) is 6.94. The van der Waals surface area contributed by atoms with E-state index in [4.69, 9.17) is 0 Å². The van der Waals surface area contributed by atoms with Crippen molar-refractivity contribution in [1.29, 1.82) is 0 Å². The van der Waals surface area contributed by atoms with Gasteiger partial charge in [0, 0.05) is 0 Å². The fraction of sp³-hybridized carbons (Fsp3) is 0.625. The predicted molar refractivity (Wildman–Crippen MR) is 74.5 cm³/mol. The molecular formula is C16H26O. The number of hydrogen-bond donors (Lipinski definition) is 1. The molecule has 0 atom stereocenters. The molecule has 0 bridgehead atoms. The SMILES string of the molecule is CCc1ccc(CCCCCC(C)C)c(O)c1. The van der Waals surface area contributed by atoms with Crippen LogP contribution in [0.5, 0.6) is 5.75 Å². The van der Waals surface area contributed by atoms with Crippen molar-refractivity contribution >= 4 is 0 Å². The first kappa shape index (κ1) is 14.1. The van der Waals surface area contributed by atoms with E-state index in [1.165, 1.54) is 31.2 Å². The Labute approximate surface area is 106 Å². The van der Waals surface area contributed by atoms with E-state index in [0.29, 0.717) is 5.75 Å². The quantitative estimate of drug-likeness (QED) is 0.677. The van der Waals surface area contributed by atoms with Crippen molar-refractivity contribution in [3.05, 3.63) is 29.3 Å². The average molecular weight is 234 g/mol. The lowest BCUT2D eigenvalue weighted by Crippen LogP contribution is -1.91. The van der Waals surface area contributed by atoms with Gasteiger partial charge in [-0.15, -0.1) is 0 Å². The summed E-state index contributed by atoms with van der Waals surface area (Å²) in [7, 11) is 0. The van der Waals surface area contributed by atoms with Crippen molar-refractivity contribution < 1.29 is 5.11 Å². The molecule has 0 unspecified atom stereocenters. The lowest BCUT2D eigenvalue weighted by molar-refractivity contribution is 0.464. The molecule has 0 aliphatic heterocycles. The van der Waals surface area contributed by atoms with Gasteiger partial charge in [0.1, 0.15) is 5.75 Å². The molecule has 1 rings (SSSR count). The molecule has 0 aromatic heterocycles. The Morgan fingerprint density at radius 3 is 2.47 bits per heavy atom. The van der Waals surface area contributed by atoms with Crippen LogP contribution in [0.25, 0.3) is 0 Å². The third-order valence-electron chi connectivity index (χ3n) is 3.29. The maximum absolute atomic E-state index is 9.87.